The number of benzene rings is 1. The zero-order valence-corrected chi connectivity index (χ0v) is 11.7. The maximum absolute atomic E-state index is 13.2. The number of hydrogen-bond acceptors (Lipinski definition) is 2. The van der Waals surface area contributed by atoms with E-state index in [0.29, 0.717) is 0 Å². The molecule has 1 aromatic carbocycles. The Balaban J connectivity index is 2.01. The van der Waals surface area contributed by atoms with Crippen molar-refractivity contribution in [3.63, 3.8) is 0 Å². The first-order chi connectivity index (χ1) is 9.89. The van der Waals surface area contributed by atoms with Crippen LogP contribution in [-0.2, 0) is 11.0 Å². The lowest BCUT2D eigenvalue weighted by Crippen LogP contribution is -2.44. The van der Waals surface area contributed by atoms with Gasteiger partial charge in [0.1, 0.15) is 6.17 Å². The third-order valence-corrected chi connectivity index (χ3v) is 4.34. The zero-order valence-electron chi connectivity index (χ0n) is 11.7. The summed E-state index contributed by atoms with van der Waals surface area (Å²) in [4.78, 5) is 13.9. The maximum Gasteiger partial charge on any atom is 0.416 e. The highest BCUT2D eigenvalue weighted by atomic mass is 19.4. The van der Waals surface area contributed by atoms with Crippen LogP contribution in [0.3, 0.4) is 0 Å². The van der Waals surface area contributed by atoms with Gasteiger partial charge in [-0.05, 0) is 32.3 Å². The summed E-state index contributed by atoms with van der Waals surface area (Å²) in [5, 5.41) is 3.01. The largest absolute Gasteiger partial charge is 0.416 e. The molecule has 6 heteroatoms. The molecule has 1 heterocycles. The fraction of sp³-hybridized carbons (Fsp3) is 0.533. The Kier molecular flexibility index (Phi) is 3.43. The van der Waals surface area contributed by atoms with Crippen molar-refractivity contribution in [2.24, 2.45) is 0 Å². The fourth-order valence-electron chi connectivity index (χ4n) is 3.03. The molecule has 2 aliphatic rings. The Hall–Kier alpha value is -1.56. The molecule has 0 spiro atoms. The molecule has 1 aromatic rings. The van der Waals surface area contributed by atoms with Gasteiger partial charge in [-0.3, -0.25) is 10.1 Å². The SMILES string of the molecule is CC1NC(c2ccccc2C(F)(F)F)N(C2CCC2)C1=O. The molecule has 0 radical (unpaired) electrons. The van der Waals surface area contributed by atoms with Crippen molar-refractivity contribution >= 4 is 5.91 Å². The van der Waals surface area contributed by atoms with Crippen LogP contribution in [0, 0.1) is 0 Å². The molecule has 1 amide bonds. The molecular formula is C15H17F3N2O. The minimum Gasteiger partial charge on any atom is -0.319 e. The molecule has 114 valence electrons. The molecule has 0 bridgehead atoms. The van der Waals surface area contributed by atoms with Crippen LogP contribution in [0.1, 0.15) is 43.5 Å². The van der Waals surface area contributed by atoms with Gasteiger partial charge >= 0.3 is 6.18 Å². The highest BCUT2D eigenvalue weighted by molar-refractivity contribution is 5.84. The van der Waals surface area contributed by atoms with Crippen LogP contribution in [0.5, 0.6) is 0 Å². The maximum atomic E-state index is 13.2. The number of alkyl halides is 3. The summed E-state index contributed by atoms with van der Waals surface area (Å²) in [6.45, 7) is 1.70. The smallest absolute Gasteiger partial charge is 0.319 e. The first-order valence-electron chi connectivity index (χ1n) is 7.14. The Morgan fingerprint density at radius 1 is 1.24 bits per heavy atom. The number of hydrogen-bond donors (Lipinski definition) is 1. The minimum absolute atomic E-state index is 0.0567. The quantitative estimate of drug-likeness (QED) is 0.910. The van der Waals surface area contributed by atoms with Crippen molar-refractivity contribution in [3.05, 3.63) is 35.4 Å². The molecule has 2 atom stereocenters. The number of nitrogens with zero attached hydrogens (tertiary/aromatic N) is 1. The predicted octanol–water partition coefficient (Wildman–Crippen LogP) is 3.08. The fourth-order valence-corrected chi connectivity index (χ4v) is 3.03. The molecule has 1 aliphatic carbocycles. The Morgan fingerprint density at radius 3 is 2.48 bits per heavy atom. The number of carbonyl (C=O) groups is 1. The first kappa shape index (κ1) is 14.4. The third-order valence-electron chi connectivity index (χ3n) is 4.34. The lowest BCUT2D eigenvalue weighted by atomic mass is 9.90. The average Bonchev–Trinajstić information content (AvgIpc) is 2.65. The van der Waals surface area contributed by atoms with Crippen LogP contribution in [0.4, 0.5) is 13.2 Å². The van der Waals surface area contributed by atoms with Crippen LogP contribution in [0.15, 0.2) is 24.3 Å². The summed E-state index contributed by atoms with van der Waals surface area (Å²) in [7, 11) is 0. The second kappa shape index (κ2) is 5.02. The van der Waals surface area contributed by atoms with Crippen molar-refractivity contribution in [3.8, 4) is 0 Å². The minimum atomic E-state index is -4.42. The topological polar surface area (TPSA) is 32.3 Å². The van der Waals surface area contributed by atoms with E-state index in [-0.39, 0.29) is 17.5 Å². The normalized spacial score (nSPS) is 27.0. The molecule has 1 saturated carbocycles. The summed E-state index contributed by atoms with van der Waals surface area (Å²) >= 11 is 0. The van der Waals surface area contributed by atoms with Gasteiger partial charge in [0.05, 0.1) is 11.6 Å². The van der Waals surface area contributed by atoms with Crippen molar-refractivity contribution in [1.82, 2.24) is 10.2 Å². The van der Waals surface area contributed by atoms with Gasteiger partial charge in [0, 0.05) is 11.6 Å². The molecule has 2 fully saturated rings. The van der Waals surface area contributed by atoms with Gasteiger partial charge in [0.15, 0.2) is 0 Å². The first-order valence-corrected chi connectivity index (χ1v) is 7.14. The van der Waals surface area contributed by atoms with E-state index < -0.39 is 23.9 Å². The number of halogens is 3. The third kappa shape index (κ3) is 2.41. The molecule has 21 heavy (non-hydrogen) atoms. The van der Waals surface area contributed by atoms with E-state index in [2.05, 4.69) is 5.32 Å². The molecule has 2 unspecified atom stereocenters. The second-order valence-electron chi connectivity index (χ2n) is 5.71. The Morgan fingerprint density at radius 2 is 1.90 bits per heavy atom. The summed E-state index contributed by atoms with van der Waals surface area (Å²) in [5.74, 6) is -0.110. The number of nitrogens with one attached hydrogen (secondary N) is 1. The summed E-state index contributed by atoms with van der Waals surface area (Å²) in [6.07, 6.45) is -2.35. The van der Waals surface area contributed by atoms with Gasteiger partial charge in [0.2, 0.25) is 5.91 Å². The molecule has 3 nitrogen and oxygen atoms in total. The summed E-state index contributed by atoms with van der Waals surface area (Å²) in [5.41, 5.74) is -0.539. The standard InChI is InChI=1S/C15H17F3N2O/c1-9-14(21)20(10-5-4-6-10)13(19-9)11-7-2-3-8-12(11)15(16,17)18/h2-3,7-10,13,19H,4-6H2,1H3. The van der Waals surface area contributed by atoms with E-state index >= 15 is 0 Å². The molecule has 0 aromatic heterocycles. The van der Waals surface area contributed by atoms with E-state index in [1.807, 2.05) is 0 Å². The van der Waals surface area contributed by atoms with Crippen LogP contribution >= 0.6 is 0 Å². The molecule has 3 rings (SSSR count). The van der Waals surface area contributed by atoms with Crippen molar-refractivity contribution < 1.29 is 18.0 Å². The van der Waals surface area contributed by atoms with Gasteiger partial charge in [-0.1, -0.05) is 18.2 Å². The zero-order chi connectivity index (χ0) is 15.2. The number of rotatable bonds is 2. The van der Waals surface area contributed by atoms with Gasteiger partial charge in [-0.25, -0.2) is 0 Å². The van der Waals surface area contributed by atoms with Gasteiger partial charge in [-0.2, -0.15) is 13.2 Å². The van der Waals surface area contributed by atoms with Crippen LogP contribution < -0.4 is 5.32 Å². The van der Waals surface area contributed by atoms with Crippen LogP contribution in [-0.4, -0.2) is 22.9 Å². The molecule has 1 N–H and O–H groups in total. The Bertz CT molecular complexity index is 554. The van der Waals surface area contributed by atoms with Crippen LogP contribution in [0.2, 0.25) is 0 Å². The molecule has 1 aliphatic heterocycles. The van der Waals surface area contributed by atoms with Gasteiger partial charge in [0.25, 0.3) is 0 Å². The average molecular weight is 298 g/mol. The van der Waals surface area contributed by atoms with Crippen molar-refractivity contribution in [1.29, 1.82) is 0 Å². The van der Waals surface area contributed by atoms with E-state index in [1.165, 1.54) is 12.1 Å². The highest BCUT2D eigenvalue weighted by Gasteiger charge is 2.45. The van der Waals surface area contributed by atoms with Gasteiger partial charge < -0.3 is 4.90 Å². The Labute approximate surface area is 121 Å². The lowest BCUT2D eigenvalue weighted by molar-refractivity contribution is -0.141. The number of carbonyl (C=O) groups excluding carboxylic acids is 1. The summed E-state index contributed by atoms with van der Waals surface area (Å²) < 4.78 is 39.6. The summed E-state index contributed by atoms with van der Waals surface area (Å²) in [6, 6.07) is 5.10. The van der Waals surface area contributed by atoms with E-state index in [9.17, 15) is 18.0 Å². The van der Waals surface area contributed by atoms with Gasteiger partial charge in [-0.15, -0.1) is 0 Å². The molecule has 1 saturated heterocycles. The van der Waals surface area contributed by atoms with Crippen molar-refractivity contribution in [2.45, 2.75) is 50.6 Å². The number of amides is 1. The van der Waals surface area contributed by atoms with E-state index in [0.717, 1.165) is 25.3 Å². The van der Waals surface area contributed by atoms with E-state index in [1.54, 1.807) is 17.9 Å². The predicted molar refractivity (Wildman–Crippen MR) is 71.3 cm³/mol. The van der Waals surface area contributed by atoms with Crippen LogP contribution in [0.25, 0.3) is 0 Å². The van der Waals surface area contributed by atoms with Crippen molar-refractivity contribution in [2.75, 3.05) is 0 Å². The molecular weight excluding hydrogens is 281 g/mol. The monoisotopic (exact) mass is 298 g/mol. The highest BCUT2D eigenvalue weighted by Crippen LogP contribution is 2.40. The second-order valence-corrected chi connectivity index (χ2v) is 5.71. The lowest BCUT2D eigenvalue weighted by Gasteiger charge is -2.39. The van der Waals surface area contributed by atoms with E-state index in [4.69, 9.17) is 0 Å².